The molecule has 1 saturated heterocycles. The van der Waals surface area contributed by atoms with Gasteiger partial charge in [-0.05, 0) is 0 Å². The number of sulfone groups is 1. The van der Waals surface area contributed by atoms with Crippen molar-refractivity contribution in [3.8, 4) is 0 Å². The molecule has 0 aliphatic carbocycles. The van der Waals surface area contributed by atoms with Gasteiger partial charge >= 0.3 is 12.4 Å². The fraction of sp³-hybridized carbons (Fsp3) is 1.00. The smallest absolute Gasteiger partial charge is 0.355 e. The van der Waals surface area contributed by atoms with Crippen LogP contribution in [0, 0.1) is 0 Å². The maximum atomic E-state index is 12.2. The van der Waals surface area contributed by atoms with Gasteiger partial charge in [-0.15, -0.1) is 0 Å². The Labute approximate surface area is 112 Å². The van der Waals surface area contributed by atoms with Crippen LogP contribution in [0.4, 0.5) is 26.3 Å². The average molecular weight is 412 g/mol. The van der Waals surface area contributed by atoms with Crippen LogP contribution in [-0.4, -0.2) is 48.4 Å². The van der Waals surface area contributed by atoms with Crippen LogP contribution in [0.15, 0.2) is 0 Å². The first-order chi connectivity index (χ1) is 7.83. The van der Waals surface area contributed by atoms with E-state index in [9.17, 15) is 34.8 Å². The molecule has 1 aliphatic rings. The lowest BCUT2D eigenvalue weighted by molar-refractivity contribution is -0.328. The Morgan fingerprint density at radius 3 is 1.78 bits per heavy atom. The van der Waals surface area contributed by atoms with E-state index >= 15 is 0 Å². The molecule has 2 atom stereocenters. The van der Waals surface area contributed by atoms with Crippen molar-refractivity contribution in [2.24, 2.45) is 0 Å². The van der Waals surface area contributed by atoms with E-state index in [1.54, 1.807) is 0 Å². The van der Waals surface area contributed by atoms with Crippen molar-refractivity contribution >= 4 is 32.4 Å². The van der Waals surface area contributed by atoms with E-state index in [-0.39, 0.29) is 0 Å². The van der Waals surface area contributed by atoms with Gasteiger partial charge in [0.05, 0.1) is 21.5 Å². The largest absolute Gasteiger partial charge is 0.423 e. The molecular formula is C7H7F6IO3S. The summed E-state index contributed by atoms with van der Waals surface area (Å²) in [6.07, 6.45) is -16.8. The van der Waals surface area contributed by atoms with Gasteiger partial charge in [0.15, 0.2) is 9.84 Å². The molecule has 0 aromatic heterocycles. The second-order valence-electron chi connectivity index (χ2n) is 3.73. The fourth-order valence-corrected chi connectivity index (χ4v) is 5.47. The van der Waals surface area contributed by atoms with Crippen molar-refractivity contribution in [2.75, 3.05) is 11.5 Å². The quantitative estimate of drug-likeness (QED) is 0.397. The summed E-state index contributed by atoms with van der Waals surface area (Å²) in [5, 5.41) is 0. The van der Waals surface area contributed by atoms with Gasteiger partial charge in [-0.3, -0.25) is 0 Å². The van der Waals surface area contributed by atoms with Crippen LogP contribution in [0.1, 0.15) is 0 Å². The van der Waals surface area contributed by atoms with Gasteiger partial charge in [-0.1, -0.05) is 22.6 Å². The zero-order valence-corrected chi connectivity index (χ0v) is 11.4. The topological polar surface area (TPSA) is 43.4 Å². The normalized spacial score (nSPS) is 28.9. The van der Waals surface area contributed by atoms with Gasteiger partial charge < -0.3 is 4.74 Å². The summed E-state index contributed by atoms with van der Waals surface area (Å²) in [5.41, 5.74) is 0. The van der Waals surface area contributed by atoms with Crippen molar-refractivity contribution < 1.29 is 39.5 Å². The standard InChI is InChI=1S/C7H7F6IO3S/c8-6(9,10)5(7(11,12)13)17-4-2-18(15,16)1-3(4)14/h3-5H,1-2H2. The molecule has 1 fully saturated rings. The molecule has 2 unspecified atom stereocenters. The van der Waals surface area contributed by atoms with Crippen LogP contribution >= 0.6 is 22.6 Å². The molecule has 0 radical (unpaired) electrons. The van der Waals surface area contributed by atoms with Gasteiger partial charge in [-0.25, -0.2) is 8.42 Å². The molecule has 3 nitrogen and oxygen atoms in total. The molecule has 1 heterocycles. The summed E-state index contributed by atoms with van der Waals surface area (Å²) in [5.74, 6) is -1.32. The number of alkyl halides is 7. The first-order valence-corrected chi connectivity index (χ1v) is 7.53. The molecule has 108 valence electrons. The monoisotopic (exact) mass is 412 g/mol. The van der Waals surface area contributed by atoms with E-state index in [1.165, 1.54) is 22.6 Å². The highest BCUT2D eigenvalue weighted by Crippen LogP contribution is 2.38. The molecule has 0 N–H and O–H groups in total. The Bertz CT molecular complexity index is 388. The predicted molar refractivity (Wildman–Crippen MR) is 57.2 cm³/mol. The first-order valence-electron chi connectivity index (χ1n) is 4.46. The average Bonchev–Trinajstić information content (AvgIpc) is 2.31. The van der Waals surface area contributed by atoms with E-state index in [0.29, 0.717) is 0 Å². The van der Waals surface area contributed by atoms with Gasteiger partial charge in [0.1, 0.15) is 0 Å². The molecule has 11 heteroatoms. The Kier molecular flexibility index (Phi) is 4.49. The molecule has 0 spiro atoms. The van der Waals surface area contributed by atoms with Gasteiger partial charge in [0.2, 0.25) is 6.10 Å². The van der Waals surface area contributed by atoms with E-state index in [1.807, 2.05) is 0 Å². The van der Waals surface area contributed by atoms with Crippen LogP contribution in [0.2, 0.25) is 0 Å². The first kappa shape index (κ1) is 16.3. The molecule has 18 heavy (non-hydrogen) atoms. The summed E-state index contributed by atoms with van der Waals surface area (Å²) in [6, 6.07) is 0. The number of halogens is 7. The van der Waals surface area contributed by atoms with E-state index in [2.05, 4.69) is 4.74 Å². The number of hydrogen-bond donors (Lipinski definition) is 0. The molecule has 0 bridgehead atoms. The maximum absolute atomic E-state index is 12.2. The van der Waals surface area contributed by atoms with Crippen LogP contribution in [0.5, 0.6) is 0 Å². The van der Waals surface area contributed by atoms with Crippen molar-refractivity contribution in [1.82, 2.24) is 0 Å². The SMILES string of the molecule is O=S1(=O)CC(I)C(OC(C(F)(F)F)C(F)(F)F)C1. The lowest BCUT2D eigenvalue weighted by Crippen LogP contribution is -2.47. The van der Waals surface area contributed by atoms with E-state index in [4.69, 9.17) is 0 Å². The lowest BCUT2D eigenvalue weighted by Gasteiger charge is -2.26. The molecule has 0 amide bonds. The third kappa shape index (κ3) is 4.11. The highest BCUT2D eigenvalue weighted by Gasteiger charge is 2.59. The minimum Gasteiger partial charge on any atom is -0.355 e. The zero-order valence-electron chi connectivity index (χ0n) is 8.43. The third-order valence-electron chi connectivity index (χ3n) is 2.14. The maximum Gasteiger partial charge on any atom is 0.423 e. The lowest BCUT2D eigenvalue weighted by atomic mass is 10.3. The minimum absolute atomic E-state index is 0.485. The summed E-state index contributed by atoms with van der Waals surface area (Å²) in [4.78, 5) is 0. The van der Waals surface area contributed by atoms with E-state index < -0.39 is 49.8 Å². The van der Waals surface area contributed by atoms with E-state index in [0.717, 1.165) is 0 Å². The third-order valence-corrected chi connectivity index (χ3v) is 5.68. The second kappa shape index (κ2) is 4.96. The van der Waals surface area contributed by atoms with Gasteiger partial charge in [-0.2, -0.15) is 26.3 Å². The zero-order chi connectivity index (χ0) is 14.4. The van der Waals surface area contributed by atoms with Crippen LogP contribution in [-0.2, 0) is 14.6 Å². The molecule has 0 aromatic rings. The Morgan fingerprint density at radius 1 is 1.06 bits per heavy atom. The summed E-state index contributed by atoms with van der Waals surface area (Å²) in [6.45, 7) is 0. The Hall–Kier alpha value is 0.220. The molecule has 0 saturated carbocycles. The van der Waals surface area contributed by atoms with Crippen molar-refractivity contribution in [2.45, 2.75) is 28.5 Å². The van der Waals surface area contributed by atoms with Crippen molar-refractivity contribution in [3.63, 3.8) is 0 Å². The molecule has 1 aliphatic heterocycles. The number of hydrogen-bond acceptors (Lipinski definition) is 3. The summed E-state index contributed by atoms with van der Waals surface area (Å²) >= 11 is 1.47. The van der Waals surface area contributed by atoms with Crippen LogP contribution in [0.25, 0.3) is 0 Å². The molecule has 1 rings (SSSR count). The summed E-state index contributed by atoms with van der Waals surface area (Å²) < 4.78 is 98.3. The highest BCUT2D eigenvalue weighted by molar-refractivity contribution is 14.1. The predicted octanol–water partition coefficient (Wildman–Crippen LogP) is 2.10. The molecular weight excluding hydrogens is 405 g/mol. The Morgan fingerprint density at radius 2 is 1.50 bits per heavy atom. The van der Waals surface area contributed by atoms with Gasteiger partial charge in [0, 0.05) is 0 Å². The van der Waals surface area contributed by atoms with Crippen molar-refractivity contribution in [3.05, 3.63) is 0 Å². The minimum atomic E-state index is -5.62. The summed E-state index contributed by atoms with van der Waals surface area (Å²) in [7, 11) is -3.65. The van der Waals surface area contributed by atoms with Crippen LogP contribution in [0.3, 0.4) is 0 Å². The fourth-order valence-electron chi connectivity index (χ4n) is 1.41. The number of rotatable bonds is 2. The van der Waals surface area contributed by atoms with Crippen LogP contribution < -0.4 is 0 Å². The Balaban J connectivity index is 2.87. The number of ether oxygens (including phenoxy) is 1. The highest BCUT2D eigenvalue weighted by atomic mass is 127. The van der Waals surface area contributed by atoms with Crippen molar-refractivity contribution in [1.29, 1.82) is 0 Å². The van der Waals surface area contributed by atoms with Gasteiger partial charge in [0.25, 0.3) is 0 Å². The second-order valence-corrected chi connectivity index (χ2v) is 7.48. The molecule has 0 aromatic carbocycles.